The van der Waals surface area contributed by atoms with E-state index in [0.717, 1.165) is 44.5 Å². The molecule has 0 aliphatic heterocycles. The maximum atomic E-state index is 7.38. The van der Waals surface area contributed by atoms with E-state index in [4.69, 9.17) is 14.4 Å². The number of hydrogen-bond acceptors (Lipinski definition) is 4. The quantitative estimate of drug-likeness (QED) is 0.156. The van der Waals surface area contributed by atoms with E-state index in [2.05, 4.69) is 251 Å². The van der Waals surface area contributed by atoms with E-state index in [0.29, 0.717) is 0 Å². The highest BCUT2D eigenvalue weighted by Gasteiger charge is 2.32. The standard InChI is InChI=1S/C52H64B32N2OS/c53-15-1(26(64)36(74)27(65)3(15)5-18(56)22(60)7(23(61)19(5)57)8-29(67)39(77)42(80)40(78)30(8)68)2-17(55)14-47-49(87-48(14)44(82)31(2)69)46(85-52(84)86-47)13-16(54)4(28(66)37(75)35(13)73)6-20(58)24(62)9(25(63)21(6)59)10-32(70)38(76)33(71)11-12-34(72)41(79)43(81)45(83)51(12)88-50(10)11/h53-84H2. The van der Waals surface area contributed by atoms with Gasteiger partial charge in [0.1, 0.15) is 260 Å². The molecule has 0 bridgehead atoms. The van der Waals surface area contributed by atoms with Crippen LogP contribution in [-0.4, -0.2) is 261 Å². The first-order chi connectivity index (χ1) is 41.1. The number of rotatable bonds is 6. The van der Waals surface area contributed by atoms with E-state index in [1.807, 2.05) is 11.3 Å². The molecular weight excluding hydrogens is 1050 g/mol. The number of furan rings is 1. The third kappa shape index (κ3) is 8.76. The Bertz CT molecular complexity index is 5050. The predicted molar refractivity (Wildman–Crippen MR) is 497 cm³/mol. The van der Waals surface area contributed by atoms with Gasteiger partial charge in [-0.3, -0.25) is 0 Å². The van der Waals surface area contributed by atoms with Gasteiger partial charge in [0.15, 0.2) is 13.4 Å². The molecule has 3 heterocycles. The van der Waals surface area contributed by atoms with Crippen LogP contribution < -0.4 is 175 Å². The van der Waals surface area contributed by atoms with E-state index in [1.54, 1.807) is 0 Å². The monoisotopic (exact) mass is 1120 g/mol. The van der Waals surface area contributed by atoms with Gasteiger partial charge in [-0.1, -0.05) is 126 Å². The molecule has 11 aromatic rings. The summed E-state index contributed by atoms with van der Waals surface area (Å²) in [6, 6.07) is 0. The fourth-order valence-electron chi connectivity index (χ4n) is 16.8. The Morgan fingerprint density at radius 1 is 0.193 bits per heavy atom. The zero-order valence-electron chi connectivity index (χ0n) is 59.7. The zero-order valence-corrected chi connectivity index (χ0v) is 60.5. The minimum absolute atomic E-state index is 0.737. The van der Waals surface area contributed by atoms with Crippen LogP contribution in [0.1, 0.15) is 0 Å². The van der Waals surface area contributed by atoms with Crippen molar-refractivity contribution in [3.05, 3.63) is 0 Å². The summed E-state index contributed by atoms with van der Waals surface area (Å²) in [4.78, 5) is 10.9. The summed E-state index contributed by atoms with van der Waals surface area (Å²) in [5.41, 5.74) is 60.4. The molecule has 8 aromatic carbocycles. The van der Waals surface area contributed by atoms with Crippen LogP contribution in [0.5, 0.6) is 0 Å². The Kier molecular flexibility index (Phi) is 16.4. The first-order valence-electron chi connectivity index (χ1n) is 32.2. The molecule has 0 saturated heterocycles. The molecule has 0 radical (unpaired) electrons. The Balaban J connectivity index is 1.13. The highest BCUT2D eigenvalue weighted by Crippen LogP contribution is 2.36. The van der Waals surface area contributed by atoms with Crippen LogP contribution in [0.3, 0.4) is 0 Å². The van der Waals surface area contributed by atoms with Gasteiger partial charge in [0.05, 0.1) is 5.72 Å². The summed E-state index contributed by atoms with van der Waals surface area (Å²) in [7, 11) is 74.6. The molecule has 36 heteroatoms. The molecule has 0 saturated carbocycles. The van der Waals surface area contributed by atoms with Crippen molar-refractivity contribution in [2.75, 3.05) is 0 Å². The number of nitrogens with zero attached hydrogens (tertiary/aromatic N) is 2. The molecule has 0 spiro atoms. The van der Waals surface area contributed by atoms with Crippen molar-refractivity contribution in [3.63, 3.8) is 0 Å². The number of aromatic nitrogens is 2. The molecule has 0 aliphatic carbocycles. The summed E-state index contributed by atoms with van der Waals surface area (Å²) < 4.78 is 10.2. The Morgan fingerprint density at radius 3 is 0.875 bits per heavy atom. The second kappa shape index (κ2) is 22.4. The largest absolute Gasteiger partial charge is 0.453 e. The average molecular weight is 1110 g/mol. The van der Waals surface area contributed by atoms with E-state index in [-0.39, 0.29) is 0 Å². The Labute approximate surface area is 556 Å². The Hall–Kier alpha value is -5.06. The lowest BCUT2D eigenvalue weighted by Gasteiger charge is -2.31. The minimum Gasteiger partial charge on any atom is -0.453 e. The molecule has 0 amide bonds. The van der Waals surface area contributed by atoms with Crippen molar-refractivity contribution in [2.24, 2.45) is 0 Å². The molecule has 3 aromatic heterocycles. The van der Waals surface area contributed by atoms with Gasteiger partial charge in [-0.2, -0.15) is 0 Å². The lowest BCUT2D eigenvalue weighted by Crippen LogP contribution is -2.57. The first-order valence-corrected chi connectivity index (χ1v) is 33.0. The van der Waals surface area contributed by atoms with Crippen LogP contribution in [0.2, 0.25) is 0 Å². The molecule has 0 aliphatic rings. The number of fused-ring (bicyclic) bond motifs is 6. The van der Waals surface area contributed by atoms with Crippen LogP contribution >= 0.6 is 11.3 Å². The van der Waals surface area contributed by atoms with Crippen molar-refractivity contribution < 1.29 is 4.42 Å². The normalized spacial score (nSPS) is 11.7. The van der Waals surface area contributed by atoms with E-state index < -0.39 is 0 Å². The van der Waals surface area contributed by atoms with Gasteiger partial charge in [-0.05, 0) is 72.0 Å². The fraction of sp³-hybridized carbons (Fsp3) is 0. The van der Waals surface area contributed by atoms with Crippen LogP contribution in [-0.2, 0) is 0 Å². The van der Waals surface area contributed by atoms with Gasteiger partial charge in [-0.15, -0.1) is 55.0 Å². The highest BCUT2D eigenvalue weighted by molar-refractivity contribution is 7.28. The molecule has 390 valence electrons. The van der Waals surface area contributed by atoms with Gasteiger partial charge in [0.2, 0.25) is 0 Å². The molecular formula is C52H64B32N2OS. The highest BCUT2D eigenvalue weighted by atomic mass is 32.1. The van der Waals surface area contributed by atoms with Crippen LogP contribution in [0.4, 0.5) is 0 Å². The third-order valence-electron chi connectivity index (χ3n) is 24.1. The second-order valence-electron chi connectivity index (χ2n) is 27.6. The van der Waals surface area contributed by atoms with Gasteiger partial charge in [0, 0.05) is 14.8 Å². The van der Waals surface area contributed by atoms with Crippen molar-refractivity contribution in [2.45, 2.75) is 0 Å². The summed E-state index contributed by atoms with van der Waals surface area (Å²) in [5.74, 6) is 0. The maximum Gasteiger partial charge on any atom is 0.189 e. The van der Waals surface area contributed by atoms with Crippen molar-refractivity contribution >= 4 is 480 Å². The van der Waals surface area contributed by atoms with Gasteiger partial charge < -0.3 is 4.42 Å². The second-order valence-corrected chi connectivity index (χ2v) is 28.6. The molecule has 11 rings (SSSR count). The van der Waals surface area contributed by atoms with Crippen molar-refractivity contribution in [1.82, 2.24) is 9.97 Å². The average Bonchev–Trinajstić information content (AvgIpc) is 1.37. The number of hydrogen-bond donors (Lipinski definition) is 0. The van der Waals surface area contributed by atoms with E-state index >= 15 is 0 Å². The van der Waals surface area contributed by atoms with Gasteiger partial charge in [0.25, 0.3) is 0 Å². The Morgan fingerprint density at radius 2 is 0.455 bits per heavy atom. The molecule has 0 atom stereocenters. The zero-order chi connectivity index (χ0) is 64.9. The topological polar surface area (TPSA) is 38.9 Å². The smallest absolute Gasteiger partial charge is 0.189 e. The van der Waals surface area contributed by atoms with Gasteiger partial charge in [-0.25, -0.2) is 9.97 Å². The molecule has 3 nitrogen and oxygen atoms in total. The van der Waals surface area contributed by atoms with Gasteiger partial charge >= 0.3 is 0 Å². The SMILES string of the molecule is Bc1nc(-c2c(B)c(B)c(B)c(-c3c(B)c(B)c(-c4c(B)c(B)c(B)c5c4sc4c(B)c(B)c(B)c(B)c45)c(B)c3B)c2B)c2oc3c(B)c(B)c(-c4c(B)c(B)c(B)c(-c5c(B)c(B)c(-c6c(B)c(B)c(B)c(B)c6B)c(B)c5B)c4B)c(B)c3c2n1. The molecule has 88 heavy (non-hydrogen) atoms. The predicted octanol–water partition coefficient (Wildman–Crippen LogP) is -41.0. The minimum atomic E-state index is 0.737. The summed E-state index contributed by atoms with van der Waals surface area (Å²) in [5, 5.41) is 3.96. The van der Waals surface area contributed by atoms with E-state index in [9.17, 15) is 0 Å². The number of benzene rings is 8. The molecule has 0 N–H and O–H groups in total. The summed E-state index contributed by atoms with van der Waals surface area (Å²) in [6.45, 7) is 0. The lowest BCUT2D eigenvalue weighted by molar-refractivity contribution is 0.670. The van der Waals surface area contributed by atoms with Crippen molar-refractivity contribution in [3.8, 4) is 66.9 Å². The first kappa shape index (κ1) is 64.5. The number of thiophene rings is 1. The maximum absolute atomic E-state index is 7.38. The van der Waals surface area contributed by atoms with Crippen LogP contribution in [0.15, 0.2) is 4.42 Å². The van der Waals surface area contributed by atoms with Crippen LogP contribution in [0, 0.1) is 0 Å². The molecule has 0 fully saturated rings. The fourth-order valence-corrected chi connectivity index (χ4v) is 18.4. The summed E-state index contributed by atoms with van der Waals surface area (Å²) >= 11 is 2.01. The van der Waals surface area contributed by atoms with Crippen molar-refractivity contribution in [1.29, 1.82) is 0 Å². The lowest BCUT2D eigenvalue weighted by atomic mass is 9.54. The van der Waals surface area contributed by atoms with E-state index in [1.165, 1.54) is 240 Å². The van der Waals surface area contributed by atoms with Crippen LogP contribution in [0.25, 0.3) is 109 Å². The molecule has 0 unspecified atom stereocenters. The summed E-state index contributed by atoms with van der Waals surface area (Å²) in [6.07, 6.45) is 0. The third-order valence-corrected chi connectivity index (χ3v) is 25.4.